The maximum atomic E-state index is 2.29. The van der Waals surface area contributed by atoms with E-state index in [9.17, 15) is 0 Å². The molecule has 1 saturated carbocycles. The lowest BCUT2D eigenvalue weighted by molar-refractivity contribution is 0.331. The van der Waals surface area contributed by atoms with Crippen molar-refractivity contribution in [2.24, 2.45) is 5.92 Å². The van der Waals surface area contributed by atoms with Crippen molar-refractivity contribution >= 4 is 0 Å². The minimum absolute atomic E-state index is 0. The van der Waals surface area contributed by atoms with Crippen molar-refractivity contribution in [2.45, 2.75) is 58.3 Å². The predicted molar refractivity (Wildman–Crippen MR) is 49.7 cm³/mol. The van der Waals surface area contributed by atoms with Gasteiger partial charge in [0.25, 0.3) is 0 Å². The van der Waals surface area contributed by atoms with Crippen LogP contribution in [-0.2, 0) is 0 Å². The molecule has 0 aromatic heterocycles. The molecule has 0 aliphatic heterocycles. The third-order valence-electron chi connectivity index (χ3n) is 2.69. The quantitative estimate of drug-likeness (QED) is 0.605. The van der Waals surface area contributed by atoms with Gasteiger partial charge in [-0.15, -0.1) is 0 Å². The molecule has 11 heavy (non-hydrogen) atoms. The van der Waals surface area contributed by atoms with Crippen LogP contribution in [0.1, 0.15) is 58.3 Å². The Bertz CT molecular complexity index is 74.9. The van der Waals surface area contributed by atoms with Crippen molar-refractivity contribution in [1.29, 1.82) is 0 Å². The fourth-order valence-corrected chi connectivity index (χ4v) is 1.97. The Morgan fingerprint density at radius 3 is 2.27 bits per heavy atom. The van der Waals surface area contributed by atoms with Crippen LogP contribution in [0.2, 0.25) is 0 Å². The van der Waals surface area contributed by atoms with E-state index < -0.39 is 0 Å². The van der Waals surface area contributed by atoms with Gasteiger partial charge < -0.3 is 5.48 Å². The Morgan fingerprint density at radius 1 is 1.09 bits per heavy atom. The molecule has 0 aromatic carbocycles. The summed E-state index contributed by atoms with van der Waals surface area (Å²) in [6.07, 6.45) is 11.9. The Kier molecular flexibility index (Phi) is 6.63. The monoisotopic (exact) mass is 158 g/mol. The van der Waals surface area contributed by atoms with Gasteiger partial charge in [-0.25, -0.2) is 0 Å². The molecule has 1 heteroatoms. The topological polar surface area (TPSA) is 31.5 Å². The Labute approximate surface area is 70.5 Å². The van der Waals surface area contributed by atoms with Gasteiger partial charge in [0.2, 0.25) is 0 Å². The van der Waals surface area contributed by atoms with Crippen LogP contribution in [0.25, 0.3) is 0 Å². The molecular weight excluding hydrogens is 136 g/mol. The largest absolute Gasteiger partial charge is 0.412 e. The third kappa shape index (κ3) is 4.41. The summed E-state index contributed by atoms with van der Waals surface area (Å²) in [5.74, 6) is 1.11. The molecule has 1 aliphatic rings. The molecule has 68 valence electrons. The highest BCUT2D eigenvalue weighted by molar-refractivity contribution is 4.65. The highest BCUT2D eigenvalue weighted by Gasteiger charge is 2.11. The van der Waals surface area contributed by atoms with Crippen LogP contribution in [0.5, 0.6) is 0 Å². The molecule has 1 nitrogen and oxygen atoms in total. The van der Waals surface area contributed by atoms with Crippen LogP contribution < -0.4 is 0 Å². The fraction of sp³-hybridized carbons (Fsp3) is 1.00. The highest BCUT2D eigenvalue weighted by Crippen LogP contribution is 2.27. The molecule has 2 N–H and O–H groups in total. The second-order valence-electron chi connectivity index (χ2n) is 3.65. The van der Waals surface area contributed by atoms with Gasteiger partial charge in [-0.2, -0.15) is 0 Å². The molecule has 0 amide bonds. The zero-order valence-corrected chi connectivity index (χ0v) is 7.73. The van der Waals surface area contributed by atoms with Crippen LogP contribution in [0.15, 0.2) is 0 Å². The summed E-state index contributed by atoms with van der Waals surface area (Å²) in [6, 6.07) is 0. The first kappa shape index (κ1) is 11.0. The maximum absolute atomic E-state index is 2.29. The molecule has 0 radical (unpaired) electrons. The van der Waals surface area contributed by atoms with E-state index in [-0.39, 0.29) is 5.48 Å². The molecular formula is C10H22O. The van der Waals surface area contributed by atoms with E-state index >= 15 is 0 Å². The van der Waals surface area contributed by atoms with Gasteiger partial charge >= 0.3 is 0 Å². The van der Waals surface area contributed by atoms with Gasteiger partial charge in [0, 0.05) is 0 Å². The smallest absolute Gasteiger partial charge is 0.0414 e. The van der Waals surface area contributed by atoms with Crippen LogP contribution in [-0.4, -0.2) is 5.48 Å². The van der Waals surface area contributed by atoms with Gasteiger partial charge in [-0.05, 0) is 5.92 Å². The predicted octanol–water partition coefficient (Wildman–Crippen LogP) is 2.93. The first-order valence-corrected chi connectivity index (χ1v) is 4.93. The second-order valence-corrected chi connectivity index (χ2v) is 3.65. The van der Waals surface area contributed by atoms with E-state index in [1.807, 2.05) is 0 Å². The highest BCUT2D eigenvalue weighted by atomic mass is 16.0. The molecule has 1 aliphatic carbocycles. The number of hydrogen-bond donors (Lipinski definition) is 0. The van der Waals surface area contributed by atoms with Crippen molar-refractivity contribution in [2.75, 3.05) is 0 Å². The summed E-state index contributed by atoms with van der Waals surface area (Å²) in [5, 5.41) is 0. The Morgan fingerprint density at radius 2 is 1.73 bits per heavy atom. The summed E-state index contributed by atoms with van der Waals surface area (Å²) in [6.45, 7) is 2.29. The maximum Gasteiger partial charge on any atom is -0.0414 e. The number of unbranched alkanes of at least 4 members (excludes halogenated alkanes) is 1. The lowest BCUT2D eigenvalue weighted by atomic mass is 9.86. The molecule has 0 aromatic rings. The SMILES string of the molecule is CCCCC1CCCCC1.O. The third-order valence-corrected chi connectivity index (χ3v) is 2.69. The number of rotatable bonds is 3. The van der Waals surface area contributed by atoms with E-state index in [2.05, 4.69) is 6.92 Å². The average molecular weight is 158 g/mol. The van der Waals surface area contributed by atoms with Crippen molar-refractivity contribution in [3.8, 4) is 0 Å². The summed E-state index contributed by atoms with van der Waals surface area (Å²) >= 11 is 0. The lowest BCUT2D eigenvalue weighted by Gasteiger charge is -2.20. The normalized spacial score (nSPS) is 19.4. The lowest BCUT2D eigenvalue weighted by Crippen LogP contribution is -2.05. The van der Waals surface area contributed by atoms with Gasteiger partial charge in [-0.3, -0.25) is 0 Å². The summed E-state index contributed by atoms with van der Waals surface area (Å²) in [5.41, 5.74) is 0. The van der Waals surface area contributed by atoms with E-state index in [0.717, 1.165) is 5.92 Å². The van der Waals surface area contributed by atoms with Crippen LogP contribution >= 0.6 is 0 Å². The molecule has 1 rings (SSSR count). The van der Waals surface area contributed by atoms with Crippen molar-refractivity contribution in [1.82, 2.24) is 0 Å². The molecule has 1 fully saturated rings. The van der Waals surface area contributed by atoms with E-state index in [1.54, 1.807) is 0 Å². The van der Waals surface area contributed by atoms with Crippen LogP contribution in [0.3, 0.4) is 0 Å². The van der Waals surface area contributed by atoms with Crippen molar-refractivity contribution in [3.05, 3.63) is 0 Å². The molecule has 0 heterocycles. The van der Waals surface area contributed by atoms with Crippen LogP contribution in [0.4, 0.5) is 0 Å². The zero-order valence-electron chi connectivity index (χ0n) is 7.73. The number of hydrogen-bond acceptors (Lipinski definition) is 0. The first-order valence-electron chi connectivity index (χ1n) is 4.93. The minimum Gasteiger partial charge on any atom is -0.412 e. The van der Waals surface area contributed by atoms with Crippen molar-refractivity contribution in [3.63, 3.8) is 0 Å². The molecule has 0 bridgehead atoms. The second kappa shape index (κ2) is 6.66. The van der Waals surface area contributed by atoms with E-state index in [1.165, 1.54) is 51.4 Å². The van der Waals surface area contributed by atoms with Gasteiger partial charge in [0.15, 0.2) is 0 Å². The van der Waals surface area contributed by atoms with Crippen LogP contribution in [0, 0.1) is 5.92 Å². The standard InChI is InChI=1S/C10H20.H2O/c1-2-3-7-10-8-5-4-6-9-10;/h10H,2-9H2,1H3;1H2. The first-order chi connectivity index (χ1) is 4.93. The minimum atomic E-state index is 0. The fourth-order valence-electron chi connectivity index (χ4n) is 1.97. The summed E-state index contributed by atoms with van der Waals surface area (Å²) in [7, 11) is 0. The van der Waals surface area contributed by atoms with Gasteiger partial charge in [0.05, 0.1) is 0 Å². The average Bonchev–Trinajstić information content (AvgIpc) is 2.03. The Balaban J connectivity index is 0.000001000. The summed E-state index contributed by atoms with van der Waals surface area (Å²) < 4.78 is 0. The van der Waals surface area contributed by atoms with Crippen molar-refractivity contribution < 1.29 is 5.48 Å². The zero-order chi connectivity index (χ0) is 7.23. The molecule has 0 spiro atoms. The molecule has 0 atom stereocenters. The molecule has 0 unspecified atom stereocenters. The van der Waals surface area contributed by atoms with Gasteiger partial charge in [-0.1, -0.05) is 58.3 Å². The summed E-state index contributed by atoms with van der Waals surface area (Å²) in [4.78, 5) is 0. The Hall–Kier alpha value is -0.0400. The molecule has 0 saturated heterocycles. The van der Waals surface area contributed by atoms with E-state index in [4.69, 9.17) is 0 Å². The van der Waals surface area contributed by atoms with Gasteiger partial charge in [0.1, 0.15) is 0 Å². The van der Waals surface area contributed by atoms with E-state index in [0.29, 0.717) is 0 Å².